The summed E-state index contributed by atoms with van der Waals surface area (Å²) in [6, 6.07) is 2.59. The summed E-state index contributed by atoms with van der Waals surface area (Å²) >= 11 is 0. The van der Waals surface area contributed by atoms with Crippen molar-refractivity contribution >= 4 is 29.1 Å². The number of halogens is 2. The second-order valence-corrected chi connectivity index (χ2v) is 6.04. The monoisotopic (exact) mass is 384 g/mol. The van der Waals surface area contributed by atoms with Gasteiger partial charge in [0.05, 0.1) is 6.61 Å². The molecule has 0 aliphatic carbocycles. The predicted octanol–water partition coefficient (Wildman–Crippen LogP) is 0.731. The number of carbonyl (C=O) groups excluding carboxylic acids is 3. The van der Waals surface area contributed by atoms with Crippen LogP contribution in [0.2, 0.25) is 0 Å². The van der Waals surface area contributed by atoms with Gasteiger partial charge >= 0.3 is 0 Å². The SMILES string of the molecule is CCN(C)[C@@H](C(N)=O)C(=O)Nc1ccc(N2CCOCC2=O)cc1C(F)F. The van der Waals surface area contributed by atoms with E-state index in [2.05, 4.69) is 5.32 Å². The molecule has 3 amide bonds. The van der Waals surface area contributed by atoms with Crippen molar-refractivity contribution < 1.29 is 27.9 Å². The van der Waals surface area contributed by atoms with Crippen LogP contribution in [0.3, 0.4) is 0 Å². The van der Waals surface area contributed by atoms with Crippen LogP contribution in [0.1, 0.15) is 18.9 Å². The molecule has 1 aromatic rings. The van der Waals surface area contributed by atoms with E-state index in [4.69, 9.17) is 10.5 Å². The Balaban J connectivity index is 2.30. The maximum atomic E-state index is 13.5. The Kier molecular flexibility index (Phi) is 6.81. The van der Waals surface area contributed by atoms with Crippen LogP contribution in [0.15, 0.2) is 18.2 Å². The number of nitrogens with zero attached hydrogens (tertiary/aromatic N) is 2. The van der Waals surface area contributed by atoms with E-state index < -0.39 is 29.8 Å². The zero-order valence-electron chi connectivity index (χ0n) is 15.1. The first-order valence-corrected chi connectivity index (χ1v) is 8.36. The Morgan fingerprint density at radius 3 is 2.67 bits per heavy atom. The second kappa shape index (κ2) is 8.87. The molecule has 3 N–H and O–H groups in total. The number of morpholine rings is 1. The third-order valence-electron chi connectivity index (χ3n) is 4.28. The molecule has 0 saturated carbocycles. The number of alkyl halides is 2. The van der Waals surface area contributed by atoms with Gasteiger partial charge < -0.3 is 20.7 Å². The van der Waals surface area contributed by atoms with E-state index >= 15 is 0 Å². The first-order chi connectivity index (χ1) is 12.8. The molecule has 1 heterocycles. The molecule has 1 aromatic carbocycles. The highest BCUT2D eigenvalue weighted by atomic mass is 19.3. The number of hydrogen-bond donors (Lipinski definition) is 2. The Labute approximate surface area is 155 Å². The number of hydrogen-bond acceptors (Lipinski definition) is 5. The Morgan fingerprint density at radius 1 is 1.41 bits per heavy atom. The first kappa shape index (κ1) is 20.7. The van der Waals surface area contributed by atoms with Crippen molar-refractivity contribution in [1.29, 1.82) is 0 Å². The van der Waals surface area contributed by atoms with Crippen molar-refractivity contribution in [2.75, 3.05) is 43.6 Å². The molecule has 1 saturated heterocycles. The fraction of sp³-hybridized carbons (Fsp3) is 0.471. The predicted molar refractivity (Wildman–Crippen MR) is 94.5 cm³/mol. The number of anilines is 2. The maximum absolute atomic E-state index is 13.5. The van der Waals surface area contributed by atoms with E-state index in [0.717, 1.165) is 6.07 Å². The van der Waals surface area contributed by atoms with Crippen LogP contribution in [0.25, 0.3) is 0 Å². The molecule has 0 unspecified atom stereocenters. The van der Waals surface area contributed by atoms with Gasteiger partial charge in [0.2, 0.25) is 5.91 Å². The molecule has 148 valence electrons. The summed E-state index contributed by atoms with van der Waals surface area (Å²) in [6.07, 6.45) is -2.90. The van der Waals surface area contributed by atoms with E-state index in [-0.39, 0.29) is 30.4 Å². The molecular weight excluding hydrogens is 362 g/mol. The van der Waals surface area contributed by atoms with Crippen LogP contribution in [0.5, 0.6) is 0 Å². The van der Waals surface area contributed by atoms with Crippen molar-refractivity contribution in [3.05, 3.63) is 23.8 Å². The van der Waals surface area contributed by atoms with Crippen LogP contribution in [0, 0.1) is 0 Å². The molecule has 0 spiro atoms. The molecular formula is C17H22F2N4O4. The molecule has 1 fully saturated rings. The number of likely N-dealkylation sites (N-methyl/N-ethyl adjacent to an activating group) is 1. The number of benzene rings is 1. The zero-order valence-corrected chi connectivity index (χ0v) is 15.1. The van der Waals surface area contributed by atoms with Crippen molar-refractivity contribution in [1.82, 2.24) is 4.90 Å². The fourth-order valence-electron chi connectivity index (χ4n) is 2.73. The number of primary amides is 1. The van der Waals surface area contributed by atoms with Gasteiger partial charge in [-0.15, -0.1) is 0 Å². The number of nitrogens with one attached hydrogen (secondary N) is 1. The molecule has 2 rings (SSSR count). The van der Waals surface area contributed by atoms with Crippen molar-refractivity contribution in [3.8, 4) is 0 Å². The van der Waals surface area contributed by atoms with Crippen molar-refractivity contribution in [2.45, 2.75) is 19.4 Å². The minimum absolute atomic E-state index is 0.119. The van der Waals surface area contributed by atoms with Gasteiger partial charge in [-0.05, 0) is 31.8 Å². The summed E-state index contributed by atoms with van der Waals surface area (Å²) in [5.74, 6) is -2.02. The van der Waals surface area contributed by atoms with Gasteiger partial charge in [0.25, 0.3) is 18.2 Å². The second-order valence-electron chi connectivity index (χ2n) is 6.04. The van der Waals surface area contributed by atoms with Gasteiger partial charge in [0.15, 0.2) is 6.04 Å². The Hall–Kier alpha value is -2.59. The van der Waals surface area contributed by atoms with Crippen LogP contribution < -0.4 is 16.0 Å². The summed E-state index contributed by atoms with van der Waals surface area (Å²) in [5.41, 5.74) is 4.94. The van der Waals surface area contributed by atoms with E-state index in [1.54, 1.807) is 6.92 Å². The standard InChI is InChI=1S/C17H22F2N4O4/c1-3-22(2)14(16(20)25)17(26)21-12-5-4-10(8-11(12)15(18)19)23-6-7-27-9-13(23)24/h4-5,8,14-15H,3,6-7,9H2,1-2H3,(H2,20,25)(H,21,26)/t14-/m0/s1. The van der Waals surface area contributed by atoms with Crippen molar-refractivity contribution in [3.63, 3.8) is 0 Å². The molecule has 0 aromatic heterocycles. The number of carbonyl (C=O) groups is 3. The van der Waals surface area contributed by atoms with E-state index in [1.165, 1.54) is 29.0 Å². The van der Waals surface area contributed by atoms with Gasteiger partial charge in [-0.3, -0.25) is 19.3 Å². The lowest BCUT2D eigenvalue weighted by atomic mass is 10.1. The zero-order chi connectivity index (χ0) is 20.1. The molecule has 0 radical (unpaired) electrons. The summed E-state index contributed by atoms with van der Waals surface area (Å²) in [6.45, 7) is 2.52. The molecule has 1 aliphatic heterocycles. The lowest BCUT2D eigenvalue weighted by molar-refractivity contribution is -0.131. The third kappa shape index (κ3) is 4.77. The average Bonchev–Trinajstić information content (AvgIpc) is 2.62. The van der Waals surface area contributed by atoms with Crippen LogP contribution in [-0.2, 0) is 19.1 Å². The minimum atomic E-state index is -2.90. The highest BCUT2D eigenvalue weighted by Gasteiger charge is 2.29. The molecule has 27 heavy (non-hydrogen) atoms. The Bertz CT molecular complexity index is 729. The molecule has 8 nitrogen and oxygen atoms in total. The Morgan fingerprint density at radius 2 is 2.11 bits per heavy atom. The van der Waals surface area contributed by atoms with Gasteiger partial charge in [-0.1, -0.05) is 6.92 Å². The topological polar surface area (TPSA) is 105 Å². The average molecular weight is 384 g/mol. The summed E-state index contributed by atoms with van der Waals surface area (Å²) in [5, 5.41) is 2.34. The summed E-state index contributed by atoms with van der Waals surface area (Å²) in [7, 11) is 1.52. The number of nitrogens with two attached hydrogens (primary N) is 1. The van der Waals surface area contributed by atoms with Crippen LogP contribution >= 0.6 is 0 Å². The quantitative estimate of drug-likeness (QED) is 0.675. The highest BCUT2D eigenvalue weighted by molar-refractivity contribution is 6.10. The summed E-state index contributed by atoms with van der Waals surface area (Å²) in [4.78, 5) is 38.6. The van der Waals surface area contributed by atoms with E-state index in [9.17, 15) is 23.2 Å². The molecule has 0 bridgehead atoms. The lowest BCUT2D eigenvalue weighted by Crippen LogP contribution is -2.50. The smallest absolute Gasteiger partial charge is 0.265 e. The summed E-state index contributed by atoms with van der Waals surface area (Å²) < 4.78 is 32.1. The number of amides is 3. The van der Waals surface area contributed by atoms with Crippen LogP contribution in [-0.4, -0.2) is 62.0 Å². The normalized spacial score (nSPS) is 15.9. The van der Waals surface area contributed by atoms with Gasteiger partial charge in [0, 0.05) is 23.5 Å². The van der Waals surface area contributed by atoms with Crippen LogP contribution in [0.4, 0.5) is 20.2 Å². The molecule has 1 aliphatic rings. The first-order valence-electron chi connectivity index (χ1n) is 8.36. The third-order valence-corrected chi connectivity index (χ3v) is 4.28. The highest BCUT2D eigenvalue weighted by Crippen LogP contribution is 2.32. The minimum Gasteiger partial charge on any atom is -0.370 e. The number of rotatable bonds is 7. The number of ether oxygens (including phenoxy) is 1. The van der Waals surface area contributed by atoms with E-state index in [1.807, 2.05) is 0 Å². The van der Waals surface area contributed by atoms with E-state index in [0.29, 0.717) is 13.2 Å². The molecule has 10 heteroatoms. The molecule has 1 atom stereocenters. The van der Waals surface area contributed by atoms with Gasteiger partial charge in [-0.25, -0.2) is 8.78 Å². The fourth-order valence-corrected chi connectivity index (χ4v) is 2.73. The van der Waals surface area contributed by atoms with Gasteiger partial charge in [0.1, 0.15) is 6.61 Å². The lowest BCUT2D eigenvalue weighted by Gasteiger charge is -2.28. The van der Waals surface area contributed by atoms with Crippen molar-refractivity contribution in [2.24, 2.45) is 5.73 Å². The van der Waals surface area contributed by atoms with Gasteiger partial charge in [-0.2, -0.15) is 0 Å². The largest absolute Gasteiger partial charge is 0.370 e. The maximum Gasteiger partial charge on any atom is 0.265 e.